The third-order valence-corrected chi connectivity index (χ3v) is 1.67. The average molecular weight is 324 g/mol. The molecule has 0 radical (unpaired) electrons. The molecule has 0 aliphatic carbocycles. The van der Waals surface area contributed by atoms with E-state index < -0.39 is 0 Å². The van der Waals surface area contributed by atoms with Gasteiger partial charge in [0.25, 0.3) is 0 Å². The molecule has 0 atom stereocenters. The smallest absolute Gasteiger partial charge is 0.0431 e. The van der Waals surface area contributed by atoms with E-state index in [0.29, 0.717) is 6.61 Å². The molecule has 0 aromatic rings. The lowest BCUT2D eigenvalue weighted by Gasteiger charge is -1.85. The summed E-state index contributed by atoms with van der Waals surface area (Å²) in [4.78, 5) is 0. The van der Waals surface area contributed by atoms with Crippen molar-refractivity contribution in [3.05, 3.63) is 0 Å². The molecule has 13 heavy (non-hydrogen) atoms. The van der Waals surface area contributed by atoms with E-state index in [1.165, 1.54) is 0 Å². The van der Waals surface area contributed by atoms with E-state index in [2.05, 4.69) is 15.9 Å². The minimum Gasteiger partial charge on any atom is -0.396 e. The van der Waals surface area contributed by atoms with Crippen LogP contribution in [0, 0.1) is 0 Å². The van der Waals surface area contributed by atoms with Crippen molar-refractivity contribution < 1.29 is 15.3 Å². The lowest BCUT2D eigenvalue weighted by Crippen LogP contribution is -1.85. The van der Waals surface area contributed by atoms with Crippen molar-refractivity contribution in [3.63, 3.8) is 0 Å². The third-order valence-electron chi connectivity index (χ3n) is 1.11. The van der Waals surface area contributed by atoms with Crippen molar-refractivity contribution in [1.29, 1.82) is 0 Å². The highest BCUT2D eigenvalue weighted by Crippen LogP contribution is 1.90. The molecule has 0 aromatic heterocycles. The van der Waals surface area contributed by atoms with E-state index in [0.717, 1.165) is 31.0 Å². The highest BCUT2D eigenvalue weighted by atomic mass is 79.9. The SMILES string of the molecule is Br.OCCCCBr.OCCCCO. The van der Waals surface area contributed by atoms with E-state index in [1.807, 2.05) is 0 Å². The van der Waals surface area contributed by atoms with Crippen molar-refractivity contribution in [2.24, 2.45) is 0 Å². The van der Waals surface area contributed by atoms with Gasteiger partial charge < -0.3 is 15.3 Å². The maximum atomic E-state index is 8.18. The molecular formula is C8H20Br2O3. The Morgan fingerprint density at radius 3 is 1.15 bits per heavy atom. The second-order valence-corrected chi connectivity index (χ2v) is 3.07. The number of halogens is 2. The molecule has 0 heterocycles. The molecule has 0 aliphatic heterocycles. The number of alkyl halides is 1. The summed E-state index contributed by atoms with van der Waals surface area (Å²) in [6.07, 6.45) is 3.44. The standard InChI is InChI=1S/C4H9BrO.C4H10O2.BrH/c2*5-3-1-2-4-6;/h6H,1-4H2;5-6H,1-4H2;1H. The number of aliphatic hydroxyl groups excluding tert-OH is 3. The first-order valence-electron chi connectivity index (χ1n) is 4.22. The van der Waals surface area contributed by atoms with E-state index in [-0.39, 0.29) is 30.2 Å². The quantitative estimate of drug-likeness (QED) is 0.512. The minimum atomic E-state index is 0. The molecule has 0 fully saturated rings. The van der Waals surface area contributed by atoms with Gasteiger partial charge in [0.1, 0.15) is 0 Å². The van der Waals surface area contributed by atoms with Gasteiger partial charge >= 0.3 is 0 Å². The Morgan fingerprint density at radius 2 is 1.00 bits per heavy atom. The van der Waals surface area contributed by atoms with Gasteiger partial charge in [0.2, 0.25) is 0 Å². The summed E-state index contributed by atoms with van der Waals surface area (Å²) in [6, 6.07) is 0. The maximum absolute atomic E-state index is 8.18. The monoisotopic (exact) mass is 322 g/mol. The normalized spacial score (nSPS) is 8.31. The molecule has 3 nitrogen and oxygen atoms in total. The Morgan fingerprint density at radius 1 is 0.692 bits per heavy atom. The van der Waals surface area contributed by atoms with Crippen LogP contribution < -0.4 is 0 Å². The number of rotatable bonds is 6. The van der Waals surface area contributed by atoms with Crippen molar-refractivity contribution in [2.75, 3.05) is 25.2 Å². The van der Waals surface area contributed by atoms with Gasteiger partial charge in [-0.3, -0.25) is 0 Å². The molecule has 3 N–H and O–H groups in total. The van der Waals surface area contributed by atoms with Crippen molar-refractivity contribution in [1.82, 2.24) is 0 Å². The fraction of sp³-hybridized carbons (Fsp3) is 1.00. The Bertz CT molecular complexity index is 49.4. The lowest BCUT2D eigenvalue weighted by molar-refractivity contribution is 0.242. The summed E-state index contributed by atoms with van der Waals surface area (Å²) in [6.45, 7) is 0.715. The van der Waals surface area contributed by atoms with Crippen LogP contribution in [0.1, 0.15) is 25.7 Å². The van der Waals surface area contributed by atoms with Crippen LogP contribution in [-0.2, 0) is 0 Å². The summed E-state index contributed by atoms with van der Waals surface area (Å²) in [5, 5.41) is 25.4. The minimum absolute atomic E-state index is 0. The summed E-state index contributed by atoms with van der Waals surface area (Å²) in [5.41, 5.74) is 0. The van der Waals surface area contributed by atoms with Gasteiger partial charge in [0.05, 0.1) is 0 Å². The van der Waals surface area contributed by atoms with Gasteiger partial charge in [0, 0.05) is 25.2 Å². The molecule has 0 rings (SSSR count). The molecule has 0 saturated carbocycles. The summed E-state index contributed by atoms with van der Waals surface area (Å²) >= 11 is 3.24. The fourth-order valence-electron chi connectivity index (χ4n) is 0.430. The van der Waals surface area contributed by atoms with Crippen LogP contribution in [0.15, 0.2) is 0 Å². The predicted octanol–water partition coefficient (Wildman–Crippen LogP) is 1.48. The number of hydrogen-bond acceptors (Lipinski definition) is 3. The van der Waals surface area contributed by atoms with Gasteiger partial charge in [-0.05, 0) is 25.7 Å². The zero-order valence-electron chi connectivity index (χ0n) is 7.78. The molecular weight excluding hydrogens is 304 g/mol. The van der Waals surface area contributed by atoms with Crippen molar-refractivity contribution >= 4 is 32.9 Å². The Labute approximate surface area is 99.1 Å². The highest BCUT2D eigenvalue weighted by Gasteiger charge is 1.77. The van der Waals surface area contributed by atoms with E-state index >= 15 is 0 Å². The van der Waals surface area contributed by atoms with Gasteiger partial charge in [-0.1, -0.05) is 15.9 Å². The number of hydrogen-bond donors (Lipinski definition) is 3. The predicted molar refractivity (Wildman–Crippen MR) is 63.8 cm³/mol. The Balaban J connectivity index is -0.000000143. The van der Waals surface area contributed by atoms with Crippen LogP contribution in [0.4, 0.5) is 0 Å². The van der Waals surface area contributed by atoms with Crippen LogP contribution >= 0.6 is 32.9 Å². The van der Waals surface area contributed by atoms with Gasteiger partial charge in [-0.15, -0.1) is 17.0 Å². The Kier molecular flexibility index (Phi) is 34.4. The first-order chi connectivity index (χ1) is 5.83. The zero-order chi connectivity index (χ0) is 9.66. The summed E-state index contributed by atoms with van der Waals surface area (Å²) in [7, 11) is 0. The molecule has 0 amide bonds. The summed E-state index contributed by atoms with van der Waals surface area (Å²) in [5.74, 6) is 0. The molecule has 0 spiro atoms. The maximum Gasteiger partial charge on any atom is 0.0431 e. The van der Waals surface area contributed by atoms with E-state index in [9.17, 15) is 0 Å². The molecule has 0 saturated heterocycles. The molecule has 0 aromatic carbocycles. The number of aliphatic hydroxyl groups is 3. The molecule has 0 bridgehead atoms. The van der Waals surface area contributed by atoms with E-state index in [4.69, 9.17) is 15.3 Å². The first kappa shape index (κ1) is 19.4. The molecule has 0 unspecified atom stereocenters. The van der Waals surface area contributed by atoms with E-state index in [1.54, 1.807) is 0 Å². The molecule has 0 aliphatic rings. The van der Waals surface area contributed by atoms with Crippen LogP contribution in [0.5, 0.6) is 0 Å². The first-order valence-corrected chi connectivity index (χ1v) is 5.34. The highest BCUT2D eigenvalue weighted by molar-refractivity contribution is 9.09. The summed E-state index contributed by atoms with van der Waals surface area (Å²) < 4.78 is 0. The zero-order valence-corrected chi connectivity index (χ0v) is 11.1. The van der Waals surface area contributed by atoms with Crippen LogP contribution in [-0.4, -0.2) is 40.5 Å². The van der Waals surface area contributed by atoms with Crippen molar-refractivity contribution in [2.45, 2.75) is 25.7 Å². The second kappa shape index (κ2) is 23.0. The lowest BCUT2D eigenvalue weighted by atomic mass is 10.3. The van der Waals surface area contributed by atoms with Crippen LogP contribution in [0.2, 0.25) is 0 Å². The third kappa shape index (κ3) is 32.2. The topological polar surface area (TPSA) is 60.7 Å². The van der Waals surface area contributed by atoms with Gasteiger partial charge in [-0.25, -0.2) is 0 Å². The Hall–Kier alpha value is 0.840. The van der Waals surface area contributed by atoms with Crippen LogP contribution in [0.3, 0.4) is 0 Å². The fourth-order valence-corrected chi connectivity index (χ4v) is 0.826. The second-order valence-electron chi connectivity index (χ2n) is 2.27. The average Bonchev–Trinajstić information content (AvgIpc) is 2.12. The molecule has 84 valence electrons. The number of unbranched alkanes of at least 4 members (excludes halogenated alkanes) is 2. The van der Waals surface area contributed by atoms with Crippen LogP contribution in [0.25, 0.3) is 0 Å². The van der Waals surface area contributed by atoms with Gasteiger partial charge in [0.15, 0.2) is 0 Å². The van der Waals surface area contributed by atoms with Crippen molar-refractivity contribution in [3.8, 4) is 0 Å². The molecule has 5 heteroatoms. The van der Waals surface area contributed by atoms with Gasteiger partial charge in [-0.2, -0.15) is 0 Å². The largest absolute Gasteiger partial charge is 0.396 e.